The van der Waals surface area contributed by atoms with Crippen molar-refractivity contribution in [3.63, 3.8) is 0 Å². The number of hydrogen-bond donors (Lipinski definition) is 0. The Bertz CT molecular complexity index is 5520. The second-order valence-electron chi connectivity index (χ2n) is 23.6. The highest BCUT2D eigenvalue weighted by atomic mass is 32.1. The van der Waals surface area contributed by atoms with Crippen LogP contribution in [0.2, 0.25) is 0 Å². The molecule has 0 saturated carbocycles. The number of halogens is 16. The maximum atomic E-state index is 14.1. The summed E-state index contributed by atoms with van der Waals surface area (Å²) in [5, 5.41) is 42.7. The number of esters is 5. The molecular weight excluding hydrogens is 1550 g/mol. The van der Waals surface area contributed by atoms with Gasteiger partial charge in [0.15, 0.2) is 0 Å². The van der Waals surface area contributed by atoms with Crippen LogP contribution < -0.4 is 23.7 Å². The van der Waals surface area contributed by atoms with Crippen LogP contribution >= 0.6 is 22.7 Å². The zero-order valence-electron chi connectivity index (χ0n) is 57.9. The SMILES string of the molecule is CC#Cc1cc(F)c(C(=O)Oc2cc(F)c(C#N)c(F)c2)c(F)c1.CC(C)Cc1cc(F)c(C(=O)Oc2cc(F)c(C#N)c(F)c2)c(F)c1.CC1Cc2cc(C(=O)Oc3cc(F)c(C#N)c(F)c3)sc2C1.Cc1cc(F)c(C(=O)Oc2cc(F)c(C#N)c(F)c2)c(F)c1.Cc1ccc(C(=O)Oc2cc(F)c(C#N)c(F)c2)s1. The van der Waals surface area contributed by atoms with E-state index in [1.165, 1.54) is 66.9 Å². The van der Waals surface area contributed by atoms with Crippen molar-refractivity contribution in [1.29, 1.82) is 26.3 Å². The Morgan fingerprint density at radius 3 is 0.964 bits per heavy atom. The molecule has 1 atom stereocenters. The summed E-state index contributed by atoms with van der Waals surface area (Å²) >= 11 is 2.57. The molecule has 11 rings (SSSR count). The molecule has 0 aliphatic heterocycles. The zero-order valence-corrected chi connectivity index (χ0v) is 59.6. The molecule has 0 radical (unpaired) electrons. The van der Waals surface area contributed by atoms with Crippen molar-refractivity contribution < 1.29 is 118 Å². The fourth-order valence-corrected chi connectivity index (χ4v) is 11.9. The van der Waals surface area contributed by atoms with Crippen molar-refractivity contribution in [2.45, 2.75) is 60.8 Å². The van der Waals surface area contributed by atoms with Crippen LogP contribution in [-0.2, 0) is 19.3 Å². The van der Waals surface area contributed by atoms with Crippen molar-refractivity contribution in [2.75, 3.05) is 0 Å². The van der Waals surface area contributed by atoms with Crippen LogP contribution in [0, 0.1) is 187 Å². The predicted octanol–water partition coefficient (Wildman–Crippen LogP) is 19.2. The van der Waals surface area contributed by atoms with Gasteiger partial charge in [-0.25, -0.2) is 94.2 Å². The molecule has 0 amide bonds. The Morgan fingerprint density at radius 2 is 0.688 bits per heavy atom. The van der Waals surface area contributed by atoms with Crippen molar-refractivity contribution in [3.8, 4) is 70.9 Å². The van der Waals surface area contributed by atoms with E-state index >= 15 is 0 Å². The van der Waals surface area contributed by atoms with Crippen molar-refractivity contribution in [1.82, 2.24) is 0 Å². The van der Waals surface area contributed by atoms with Crippen molar-refractivity contribution in [2.24, 2.45) is 11.8 Å². The third kappa shape index (κ3) is 21.8. The lowest BCUT2D eigenvalue weighted by Gasteiger charge is -2.10. The highest BCUT2D eigenvalue weighted by molar-refractivity contribution is 7.14. The Labute approximate surface area is 632 Å². The van der Waals surface area contributed by atoms with Gasteiger partial charge in [0, 0.05) is 76.0 Å². The molecular formula is C79H45F16N5O10S2. The topological polar surface area (TPSA) is 250 Å². The monoisotopic (exact) mass is 1590 g/mol. The number of hydrogen-bond acceptors (Lipinski definition) is 17. The second kappa shape index (κ2) is 38.0. The van der Waals surface area contributed by atoms with Crippen molar-refractivity contribution in [3.05, 3.63) is 295 Å². The van der Waals surface area contributed by atoms with Gasteiger partial charge < -0.3 is 23.7 Å². The van der Waals surface area contributed by atoms with Gasteiger partial charge in [-0.15, -0.1) is 28.6 Å². The van der Waals surface area contributed by atoms with E-state index in [1.54, 1.807) is 18.2 Å². The van der Waals surface area contributed by atoms with Crippen LogP contribution in [-0.4, -0.2) is 29.8 Å². The number of ether oxygens (including phenoxy) is 5. The zero-order chi connectivity index (χ0) is 82.9. The lowest BCUT2D eigenvalue weighted by molar-refractivity contribution is 0.0713. The first-order valence-corrected chi connectivity index (χ1v) is 33.1. The smallest absolute Gasteiger partial charge is 0.353 e. The highest BCUT2D eigenvalue weighted by Crippen LogP contribution is 2.35. The van der Waals surface area contributed by atoms with E-state index in [1.807, 2.05) is 20.8 Å². The van der Waals surface area contributed by atoms with Crippen LogP contribution in [0.4, 0.5) is 70.2 Å². The third-order valence-electron chi connectivity index (χ3n) is 14.7. The van der Waals surface area contributed by atoms with E-state index < -0.39 is 185 Å². The van der Waals surface area contributed by atoms with Gasteiger partial charge in [0.25, 0.3) is 0 Å². The van der Waals surface area contributed by atoms with Crippen LogP contribution in [0.1, 0.15) is 138 Å². The summed E-state index contributed by atoms with van der Waals surface area (Å²) in [6.45, 7) is 10.6. The number of carbonyl (C=O) groups excluding carboxylic acids is 5. The number of carbonyl (C=O) groups is 5. The van der Waals surface area contributed by atoms with E-state index in [9.17, 15) is 94.2 Å². The highest BCUT2D eigenvalue weighted by Gasteiger charge is 2.28. The molecule has 2 heterocycles. The summed E-state index contributed by atoms with van der Waals surface area (Å²) in [5.74, 6) is -21.3. The van der Waals surface area contributed by atoms with E-state index in [0.717, 1.165) is 88.8 Å². The molecule has 2 aromatic heterocycles. The molecule has 0 saturated heterocycles. The minimum absolute atomic E-state index is 0.0134. The largest absolute Gasteiger partial charge is 0.423 e. The average Bonchev–Trinajstić information content (AvgIpc) is 1.76. The molecule has 112 heavy (non-hydrogen) atoms. The number of thiophene rings is 2. The molecule has 10 aromatic rings. The molecule has 1 unspecified atom stereocenters. The van der Waals surface area contributed by atoms with Gasteiger partial charge in [-0.05, 0) is 123 Å². The minimum atomic E-state index is -1.48. The van der Waals surface area contributed by atoms with E-state index in [4.69, 9.17) is 35.8 Å². The fraction of sp³-hybridized carbons (Fsp3) is 0.139. The Hall–Kier alpha value is -13.6. The minimum Gasteiger partial charge on any atom is -0.423 e. The maximum absolute atomic E-state index is 14.1. The maximum Gasteiger partial charge on any atom is 0.353 e. The number of rotatable bonds is 12. The quantitative estimate of drug-likeness (QED) is 0.0477. The normalized spacial score (nSPS) is 11.3. The third-order valence-corrected chi connectivity index (χ3v) is 16.8. The first-order chi connectivity index (χ1) is 52.9. The molecule has 0 spiro atoms. The predicted molar refractivity (Wildman–Crippen MR) is 365 cm³/mol. The van der Waals surface area contributed by atoms with Gasteiger partial charge in [-0.2, -0.15) is 26.3 Å². The van der Waals surface area contributed by atoms with Crippen LogP contribution in [0.15, 0.2) is 115 Å². The standard InChI is InChI=1S/C18H13F4NO2.C17H7F4NO2.C16H11F2NO2S.C15H7F4NO2.C13H7F2NO2S/c1-9(2)3-10-4-15(21)17(16(22)5-10)18(24)25-11-6-13(19)12(8-23)14(20)7-11;1-2-3-9-4-14(20)16(15(21)5-9)17(23)24-10-6-12(18)11(8-22)13(19)7-10;1-8-2-9-4-15(22-14(9)3-8)16(20)21-10-5-12(17)11(7-19)13(18)6-10;1-7-2-12(18)14(13(19)3-7)15(21)22-8-4-10(16)9(6-20)11(17)5-8;1-7-2-3-12(19-7)13(17)18-8-4-10(14)9(6-16)11(15)5-8/h4-7,9H,3H2,1-2H3;4-7H,1H3;4-6,8H,2-3H2,1H3;2-5H,1H3;2-5H,1H3. The Kier molecular flexibility index (Phi) is 29.0. The fourth-order valence-electron chi connectivity index (χ4n) is 9.88. The number of fused-ring (bicyclic) bond motifs is 1. The molecule has 33 heteroatoms. The molecule has 570 valence electrons. The Balaban J connectivity index is 0.000000195. The lowest BCUT2D eigenvalue weighted by atomic mass is 10.0. The summed E-state index contributed by atoms with van der Waals surface area (Å²) in [6, 6.07) is 24.0. The summed E-state index contributed by atoms with van der Waals surface area (Å²) in [7, 11) is 0. The van der Waals surface area contributed by atoms with Gasteiger partial charge >= 0.3 is 29.8 Å². The summed E-state index contributed by atoms with van der Waals surface area (Å²) in [4.78, 5) is 62.1. The Morgan fingerprint density at radius 1 is 0.393 bits per heavy atom. The van der Waals surface area contributed by atoms with Crippen LogP contribution in [0.5, 0.6) is 28.7 Å². The lowest BCUT2D eigenvalue weighted by Crippen LogP contribution is -2.14. The summed E-state index contributed by atoms with van der Waals surface area (Å²) < 4.78 is 241. The van der Waals surface area contributed by atoms with Gasteiger partial charge in [-0.1, -0.05) is 26.7 Å². The van der Waals surface area contributed by atoms with Gasteiger partial charge in [0.1, 0.15) is 206 Å². The molecule has 1 aliphatic rings. The first kappa shape index (κ1) is 85.6. The van der Waals surface area contributed by atoms with Gasteiger partial charge in [0.05, 0.1) is 0 Å². The van der Waals surface area contributed by atoms with E-state index in [0.29, 0.717) is 64.1 Å². The summed E-state index contributed by atoms with van der Waals surface area (Å²) in [6.07, 6.45) is 2.28. The first-order valence-electron chi connectivity index (χ1n) is 31.5. The van der Waals surface area contributed by atoms with E-state index in [-0.39, 0.29) is 28.5 Å². The molecule has 8 aromatic carbocycles. The van der Waals surface area contributed by atoms with Crippen LogP contribution in [0.25, 0.3) is 0 Å². The van der Waals surface area contributed by atoms with E-state index in [2.05, 4.69) is 33.0 Å². The number of benzene rings is 8. The average molecular weight is 1590 g/mol. The molecule has 0 fully saturated rings. The second-order valence-corrected chi connectivity index (χ2v) is 26.0. The van der Waals surface area contributed by atoms with Crippen LogP contribution in [0.3, 0.4) is 0 Å². The molecule has 0 N–H and O–H groups in total. The number of aryl methyl sites for hydroxylation is 2. The molecule has 0 bridgehead atoms. The molecule has 15 nitrogen and oxygen atoms in total. The summed E-state index contributed by atoms with van der Waals surface area (Å²) in [5.41, 5.74) is -5.15. The van der Waals surface area contributed by atoms with Crippen molar-refractivity contribution >= 4 is 52.5 Å². The number of nitriles is 5. The van der Waals surface area contributed by atoms with Gasteiger partial charge in [-0.3, -0.25) is 0 Å². The number of nitrogens with zero attached hydrogens (tertiary/aromatic N) is 5. The van der Waals surface area contributed by atoms with Gasteiger partial charge in [0.2, 0.25) is 0 Å². The molecule has 1 aliphatic carbocycles.